The molecule has 0 aliphatic heterocycles. The summed E-state index contributed by atoms with van der Waals surface area (Å²) in [6.07, 6.45) is 19.9. The second-order valence-corrected chi connectivity index (χ2v) is 18.3. The highest BCUT2D eigenvalue weighted by atomic mass is 15.1. The fourth-order valence-corrected chi connectivity index (χ4v) is 11.1. The molecule has 0 fully saturated rings. The molecule has 0 bridgehead atoms. The molecule has 2 atom stereocenters. The van der Waals surface area contributed by atoms with Gasteiger partial charge in [0.15, 0.2) is 0 Å². The van der Waals surface area contributed by atoms with E-state index in [-0.39, 0.29) is 6.04 Å². The summed E-state index contributed by atoms with van der Waals surface area (Å²) in [6.45, 7) is 0. The molecule has 10 aromatic carbocycles. The first kappa shape index (κ1) is 39.9. The lowest BCUT2D eigenvalue weighted by Crippen LogP contribution is -2.10. The zero-order valence-electron chi connectivity index (χ0n) is 37.7. The topological polar surface area (TPSA) is 8.17 Å². The number of rotatable bonds is 8. The van der Waals surface area contributed by atoms with Crippen molar-refractivity contribution in [3.8, 4) is 33.4 Å². The van der Waals surface area contributed by atoms with Crippen molar-refractivity contribution in [1.82, 2.24) is 4.57 Å². The predicted octanol–water partition coefficient (Wildman–Crippen LogP) is 18.4. The van der Waals surface area contributed by atoms with Gasteiger partial charge in [-0.3, -0.25) is 0 Å². The van der Waals surface area contributed by atoms with Gasteiger partial charge in [0.2, 0.25) is 0 Å². The van der Waals surface area contributed by atoms with Crippen molar-refractivity contribution in [3.63, 3.8) is 0 Å². The predicted molar refractivity (Wildman–Crippen MR) is 291 cm³/mol. The molecule has 2 heteroatoms. The number of benzene rings is 10. The Kier molecular flexibility index (Phi) is 9.83. The number of fused-ring (bicyclic) bond motifs is 8. The Hall–Kier alpha value is -8.46. The van der Waals surface area contributed by atoms with Crippen LogP contribution in [0.25, 0.3) is 87.5 Å². The van der Waals surface area contributed by atoms with Crippen LogP contribution in [0.1, 0.15) is 30.4 Å². The monoisotopic (exact) mass is 868 g/mol. The Morgan fingerprint density at radius 2 is 1.03 bits per heavy atom. The number of allylic oxidation sites excluding steroid dienone is 8. The molecule has 322 valence electrons. The Morgan fingerprint density at radius 3 is 1.81 bits per heavy atom. The van der Waals surface area contributed by atoms with Gasteiger partial charge < -0.3 is 9.47 Å². The molecule has 0 spiro atoms. The molecule has 2 unspecified atom stereocenters. The standard InChI is InChI=1S/C66H48N2/c1-3-16-45(17-4-1)49-20-13-21-50(42-49)46-32-37-54(38-33-46)67(55-39-34-48(35-40-55)62-44-52-19-8-9-26-57(52)60-28-11-12-29-61(60)62)56-25-14-22-51(43-56)59-30-15-31-63-66(59)65-58-27-10-7-18-47(58)36-41-64(65)68(63)53-23-5-2-6-24-53/h1-16,18-23,25-45,53H,17,24H2. The third-order valence-electron chi connectivity index (χ3n) is 14.4. The summed E-state index contributed by atoms with van der Waals surface area (Å²) in [5.41, 5.74) is 14.5. The van der Waals surface area contributed by atoms with E-state index in [2.05, 4.69) is 264 Å². The third kappa shape index (κ3) is 6.88. The lowest BCUT2D eigenvalue weighted by Gasteiger charge is -2.27. The van der Waals surface area contributed by atoms with Gasteiger partial charge >= 0.3 is 0 Å². The molecule has 0 N–H and O–H groups in total. The molecule has 2 aliphatic carbocycles. The van der Waals surface area contributed by atoms with Crippen molar-refractivity contribution in [2.45, 2.75) is 24.8 Å². The summed E-state index contributed by atoms with van der Waals surface area (Å²) in [5, 5.41) is 10.2. The van der Waals surface area contributed by atoms with Gasteiger partial charge in [-0.25, -0.2) is 0 Å². The number of aromatic nitrogens is 1. The highest BCUT2D eigenvalue weighted by molar-refractivity contribution is 6.24. The largest absolute Gasteiger partial charge is 0.333 e. The first-order valence-corrected chi connectivity index (χ1v) is 24.0. The maximum Gasteiger partial charge on any atom is 0.0560 e. The molecule has 1 heterocycles. The summed E-state index contributed by atoms with van der Waals surface area (Å²) in [6, 6.07) is 77.0. The van der Waals surface area contributed by atoms with Crippen molar-refractivity contribution < 1.29 is 0 Å². The van der Waals surface area contributed by atoms with Crippen LogP contribution < -0.4 is 4.90 Å². The van der Waals surface area contributed by atoms with Crippen LogP contribution >= 0.6 is 0 Å². The van der Waals surface area contributed by atoms with Gasteiger partial charge in [-0.15, -0.1) is 0 Å². The van der Waals surface area contributed by atoms with Crippen LogP contribution in [0.5, 0.6) is 0 Å². The smallest absolute Gasteiger partial charge is 0.0560 e. The minimum atomic E-state index is 0.237. The number of hydrogen-bond acceptors (Lipinski definition) is 1. The van der Waals surface area contributed by atoms with Crippen molar-refractivity contribution in [1.29, 1.82) is 0 Å². The van der Waals surface area contributed by atoms with Gasteiger partial charge in [-0.1, -0.05) is 200 Å². The average Bonchev–Trinajstić information content (AvgIpc) is 3.77. The normalized spacial score (nSPS) is 15.6. The lowest BCUT2D eigenvalue weighted by molar-refractivity contribution is 0.648. The average molecular weight is 869 g/mol. The minimum absolute atomic E-state index is 0.237. The lowest BCUT2D eigenvalue weighted by atomic mass is 9.90. The molecule has 2 aliphatic rings. The van der Waals surface area contributed by atoms with Crippen molar-refractivity contribution >= 4 is 71.2 Å². The molecular weight excluding hydrogens is 821 g/mol. The van der Waals surface area contributed by atoms with E-state index in [1.54, 1.807) is 0 Å². The molecule has 2 nitrogen and oxygen atoms in total. The maximum absolute atomic E-state index is 2.57. The van der Waals surface area contributed by atoms with Crippen LogP contribution in [-0.4, -0.2) is 4.57 Å². The molecule has 0 saturated heterocycles. The number of nitrogens with zero attached hydrogens (tertiary/aromatic N) is 2. The number of hydrogen-bond donors (Lipinski definition) is 0. The maximum atomic E-state index is 2.57. The Morgan fingerprint density at radius 1 is 0.368 bits per heavy atom. The summed E-state index contributed by atoms with van der Waals surface area (Å²) in [4.78, 5) is 2.42. The SMILES string of the molecule is C1=CCC(c2cccc(-c3ccc(N(c4ccc(-c5cc6ccccc6c6ccccc56)cc4)c4cccc(-c5cccc6c5c5c7ccccc7ccc5n6C5C=CC=CC5)c4)cc3)c2)C=C1. The highest BCUT2D eigenvalue weighted by Crippen LogP contribution is 2.45. The van der Waals surface area contributed by atoms with Crippen molar-refractivity contribution in [2.75, 3.05) is 4.90 Å². The van der Waals surface area contributed by atoms with Gasteiger partial charge in [0.05, 0.1) is 17.1 Å². The van der Waals surface area contributed by atoms with E-state index in [1.165, 1.54) is 93.1 Å². The van der Waals surface area contributed by atoms with Crippen LogP contribution in [0.15, 0.2) is 255 Å². The Balaban J connectivity index is 0.959. The summed E-state index contributed by atoms with van der Waals surface area (Å²) in [7, 11) is 0. The summed E-state index contributed by atoms with van der Waals surface area (Å²) in [5.74, 6) is 0.403. The third-order valence-corrected chi connectivity index (χ3v) is 14.4. The van der Waals surface area contributed by atoms with Crippen LogP contribution in [0.2, 0.25) is 0 Å². The van der Waals surface area contributed by atoms with E-state index in [9.17, 15) is 0 Å². The first-order chi connectivity index (χ1) is 33.7. The second-order valence-electron chi connectivity index (χ2n) is 18.3. The molecule has 13 rings (SSSR count). The quantitative estimate of drug-likeness (QED) is 0.138. The van der Waals surface area contributed by atoms with Crippen molar-refractivity contribution in [3.05, 3.63) is 260 Å². The zero-order valence-corrected chi connectivity index (χ0v) is 37.7. The fraction of sp³-hybridized carbons (Fsp3) is 0.0606. The molecule has 68 heavy (non-hydrogen) atoms. The van der Waals surface area contributed by atoms with Gasteiger partial charge in [0.1, 0.15) is 0 Å². The van der Waals surface area contributed by atoms with E-state index in [0.717, 1.165) is 29.9 Å². The van der Waals surface area contributed by atoms with E-state index >= 15 is 0 Å². The van der Waals surface area contributed by atoms with Crippen LogP contribution in [0.4, 0.5) is 17.1 Å². The van der Waals surface area contributed by atoms with E-state index in [1.807, 2.05) is 0 Å². The first-order valence-electron chi connectivity index (χ1n) is 24.0. The number of anilines is 3. The van der Waals surface area contributed by atoms with E-state index in [4.69, 9.17) is 0 Å². The van der Waals surface area contributed by atoms with Gasteiger partial charge in [0, 0.05) is 33.8 Å². The van der Waals surface area contributed by atoms with Crippen LogP contribution in [0, 0.1) is 0 Å². The Labute approximate surface area is 397 Å². The van der Waals surface area contributed by atoms with Gasteiger partial charge in [0.25, 0.3) is 0 Å². The van der Waals surface area contributed by atoms with E-state index in [0.29, 0.717) is 5.92 Å². The fourth-order valence-electron chi connectivity index (χ4n) is 11.1. The second kappa shape index (κ2) is 16.8. The van der Waals surface area contributed by atoms with Crippen LogP contribution in [-0.2, 0) is 0 Å². The molecule has 0 amide bonds. The van der Waals surface area contributed by atoms with Gasteiger partial charge in [-0.05, 0) is 139 Å². The van der Waals surface area contributed by atoms with Gasteiger partial charge in [-0.2, -0.15) is 0 Å². The minimum Gasteiger partial charge on any atom is -0.333 e. The summed E-state index contributed by atoms with van der Waals surface area (Å²) < 4.78 is 2.57. The molecule has 11 aromatic rings. The molecule has 0 radical (unpaired) electrons. The summed E-state index contributed by atoms with van der Waals surface area (Å²) >= 11 is 0. The highest BCUT2D eigenvalue weighted by Gasteiger charge is 2.22. The van der Waals surface area contributed by atoms with Crippen molar-refractivity contribution in [2.24, 2.45) is 0 Å². The van der Waals surface area contributed by atoms with E-state index < -0.39 is 0 Å². The Bertz CT molecular complexity index is 3860. The van der Waals surface area contributed by atoms with Crippen LogP contribution in [0.3, 0.4) is 0 Å². The molecular formula is C66H48N2. The molecule has 0 saturated carbocycles. The zero-order chi connectivity index (χ0) is 45.0. The molecule has 1 aromatic heterocycles.